The van der Waals surface area contributed by atoms with Crippen LogP contribution in [0.15, 0.2) is 0 Å². The molecule has 0 unspecified atom stereocenters. The minimum absolute atomic E-state index is 0.00231. The van der Waals surface area contributed by atoms with E-state index in [1.165, 1.54) is 0 Å². The largest absolute Gasteiger partial charge is 0.393 e. The third-order valence-electron chi connectivity index (χ3n) is 2.35. The Hall–Kier alpha value is -0.120. The van der Waals surface area contributed by atoms with Gasteiger partial charge in [-0.2, -0.15) is 0 Å². The molecule has 5 N–H and O–H groups in total. The number of aliphatic hydroxyl groups excluding tert-OH is 1. The van der Waals surface area contributed by atoms with Crippen molar-refractivity contribution in [3.05, 3.63) is 0 Å². The van der Waals surface area contributed by atoms with Gasteiger partial charge in [-0.15, -0.1) is 0 Å². The summed E-state index contributed by atoms with van der Waals surface area (Å²) in [6.07, 6.45) is 2.84. The van der Waals surface area contributed by atoms with Gasteiger partial charge in [0.25, 0.3) is 0 Å². The van der Waals surface area contributed by atoms with E-state index in [0.29, 0.717) is 6.54 Å². The Balaban J connectivity index is 2.38. The minimum Gasteiger partial charge on any atom is -0.393 e. The second-order valence-corrected chi connectivity index (χ2v) is 3.06. The minimum atomic E-state index is -0.196. The molecule has 0 bridgehead atoms. The molecule has 0 aromatic heterocycles. The van der Waals surface area contributed by atoms with E-state index < -0.39 is 0 Å². The fraction of sp³-hybridized carbons (Fsp3) is 1.00. The molecule has 1 aliphatic carbocycles. The van der Waals surface area contributed by atoms with Gasteiger partial charge >= 0.3 is 0 Å². The molecule has 10 heavy (non-hydrogen) atoms. The molecule has 0 heterocycles. The van der Waals surface area contributed by atoms with Crippen LogP contribution in [0, 0.1) is 5.92 Å². The zero-order chi connectivity index (χ0) is 7.56. The second-order valence-electron chi connectivity index (χ2n) is 3.06. The molecule has 60 valence electrons. The first kappa shape index (κ1) is 7.98. The van der Waals surface area contributed by atoms with Crippen LogP contribution in [0.25, 0.3) is 0 Å². The lowest BCUT2D eigenvalue weighted by Crippen LogP contribution is -2.40. The predicted octanol–water partition coefficient (Wildman–Crippen LogP) is -0.567. The Bertz CT molecular complexity index is 108. The van der Waals surface area contributed by atoms with Crippen molar-refractivity contribution in [1.82, 2.24) is 0 Å². The summed E-state index contributed by atoms with van der Waals surface area (Å²) < 4.78 is 0. The molecular formula is C7H16N2O. The fourth-order valence-electron chi connectivity index (χ4n) is 1.64. The lowest BCUT2D eigenvalue weighted by atomic mass is 9.97. The number of hydrogen-bond acceptors (Lipinski definition) is 3. The zero-order valence-corrected chi connectivity index (χ0v) is 6.16. The van der Waals surface area contributed by atoms with E-state index in [9.17, 15) is 5.11 Å². The summed E-state index contributed by atoms with van der Waals surface area (Å²) in [5.41, 5.74) is 11.1. The van der Waals surface area contributed by atoms with Gasteiger partial charge in [0.2, 0.25) is 0 Å². The molecule has 0 aromatic carbocycles. The average Bonchev–Trinajstić information content (AvgIpc) is 2.34. The van der Waals surface area contributed by atoms with E-state index in [2.05, 4.69) is 0 Å². The fourth-order valence-corrected chi connectivity index (χ4v) is 1.64. The van der Waals surface area contributed by atoms with Crippen molar-refractivity contribution >= 4 is 0 Å². The van der Waals surface area contributed by atoms with Crippen LogP contribution in [0.5, 0.6) is 0 Å². The lowest BCUT2D eigenvalue weighted by Gasteiger charge is -2.20. The summed E-state index contributed by atoms with van der Waals surface area (Å²) in [7, 11) is 0. The molecule has 0 spiro atoms. The number of aliphatic hydroxyl groups is 1. The van der Waals surface area contributed by atoms with Gasteiger partial charge in [0, 0.05) is 18.5 Å². The van der Waals surface area contributed by atoms with Crippen LogP contribution in [-0.4, -0.2) is 23.8 Å². The molecule has 1 saturated carbocycles. The van der Waals surface area contributed by atoms with E-state index in [4.69, 9.17) is 11.5 Å². The van der Waals surface area contributed by atoms with Crippen LogP contribution in [0.2, 0.25) is 0 Å². The summed E-state index contributed by atoms with van der Waals surface area (Å²) in [5.74, 6) is 0.255. The van der Waals surface area contributed by atoms with Gasteiger partial charge in [0.15, 0.2) is 0 Å². The summed E-state index contributed by atoms with van der Waals surface area (Å²) in [4.78, 5) is 0. The molecule has 1 rings (SSSR count). The van der Waals surface area contributed by atoms with E-state index >= 15 is 0 Å². The smallest absolute Gasteiger partial charge is 0.0583 e. The monoisotopic (exact) mass is 144 g/mol. The Kier molecular flexibility index (Phi) is 2.65. The third-order valence-corrected chi connectivity index (χ3v) is 2.35. The highest BCUT2D eigenvalue weighted by Gasteiger charge is 2.29. The molecule has 0 aromatic rings. The van der Waals surface area contributed by atoms with Crippen molar-refractivity contribution in [2.75, 3.05) is 6.54 Å². The van der Waals surface area contributed by atoms with E-state index in [-0.39, 0.29) is 18.1 Å². The van der Waals surface area contributed by atoms with E-state index in [1.807, 2.05) is 0 Å². The average molecular weight is 144 g/mol. The Morgan fingerprint density at radius 3 is 2.60 bits per heavy atom. The van der Waals surface area contributed by atoms with Crippen LogP contribution in [0.4, 0.5) is 0 Å². The van der Waals surface area contributed by atoms with Gasteiger partial charge in [0.05, 0.1) is 6.10 Å². The number of rotatable bonds is 2. The molecule has 1 aliphatic rings. The zero-order valence-electron chi connectivity index (χ0n) is 6.16. The van der Waals surface area contributed by atoms with Crippen LogP contribution < -0.4 is 11.5 Å². The summed E-state index contributed by atoms with van der Waals surface area (Å²) in [6, 6.07) is -0.00231. The van der Waals surface area contributed by atoms with Gasteiger partial charge in [-0.25, -0.2) is 0 Å². The molecular weight excluding hydrogens is 128 g/mol. The highest BCUT2D eigenvalue weighted by Crippen LogP contribution is 2.26. The predicted molar refractivity (Wildman–Crippen MR) is 40.4 cm³/mol. The van der Waals surface area contributed by atoms with E-state index in [0.717, 1.165) is 19.3 Å². The Labute approximate surface area is 61.4 Å². The normalized spacial score (nSPS) is 36.3. The second kappa shape index (κ2) is 3.32. The SMILES string of the molecule is NC[C@@H](N)[C@H]1CCC[C@H]1O. The molecule has 0 amide bonds. The Morgan fingerprint density at radius 2 is 2.20 bits per heavy atom. The maximum Gasteiger partial charge on any atom is 0.0583 e. The van der Waals surface area contributed by atoms with Crippen molar-refractivity contribution in [2.24, 2.45) is 17.4 Å². The van der Waals surface area contributed by atoms with Crippen LogP contribution in [0.1, 0.15) is 19.3 Å². The summed E-state index contributed by atoms with van der Waals surface area (Å²) in [6.45, 7) is 0.488. The van der Waals surface area contributed by atoms with Crippen LogP contribution >= 0.6 is 0 Å². The van der Waals surface area contributed by atoms with Gasteiger partial charge in [0.1, 0.15) is 0 Å². The summed E-state index contributed by atoms with van der Waals surface area (Å²) in [5, 5.41) is 9.35. The maximum absolute atomic E-state index is 9.35. The van der Waals surface area contributed by atoms with Crippen molar-refractivity contribution in [3.8, 4) is 0 Å². The lowest BCUT2D eigenvalue weighted by molar-refractivity contribution is 0.120. The van der Waals surface area contributed by atoms with Crippen molar-refractivity contribution < 1.29 is 5.11 Å². The summed E-state index contributed by atoms with van der Waals surface area (Å²) >= 11 is 0. The van der Waals surface area contributed by atoms with Crippen molar-refractivity contribution in [3.63, 3.8) is 0 Å². The van der Waals surface area contributed by atoms with Gasteiger partial charge in [-0.05, 0) is 12.8 Å². The van der Waals surface area contributed by atoms with Crippen molar-refractivity contribution in [1.29, 1.82) is 0 Å². The van der Waals surface area contributed by atoms with E-state index in [1.54, 1.807) is 0 Å². The highest BCUT2D eigenvalue weighted by atomic mass is 16.3. The molecule has 0 saturated heterocycles. The third kappa shape index (κ3) is 1.48. The number of nitrogens with two attached hydrogens (primary N) is 2. The van der Waals surface area contributed by atoms with Gasteiger partial charge in [-0.3, -0.25) is 0 Å². The van der Waals surface area contributed by atoms with Gasteiger partial charge in [-0.1, -0.05) is 6.42 Å². The molecule has 3 nitrogen and oxygen atoms in total. The topological polar surface area (TPSA) is 72.3 Å². The van der Waals surface area contributed by atoms with Crippen LogP contribution in [-0.2, 0) is 0 Å². The number of hydrogen-bond donors (Lipinski definition) is 3. The first-order valence-corrected chi connectivity index (χ1v) is 3.89. The maximum atomic E-state index is 9.35. The first-order chi connectivity index (χ1) is 4.75. The quantitative estimate of drug-likeness (QED) is 0.486. The van der Waals surface area contributed by atoms with Crippen molar-refractivity contribution in [2.45, 2.75) is 31.4 Å². The first-order valence-electron chi connectivity index (χ1n) is 3.89. The molecule has 3 heteroatoms. The van der Waals surface area contributed by atoms with Crippen LogP contribution in [0.3, 0.4) is 0 Å². The molecule has 0 radical (unpaired) electrons. The Morgan fingerprint density at radius 1 is 1.50 bits per heavy atom. The molecule has 0 aliphatic heterocycles. The standard InChI is InChI=1S/C7H16N2O/c8-4-6(9)5-2-1-3-7(5)10/h5-7,10H,1-4,8-9H2/t5-,6-,7-/m1/s1. The van der Waals surface area contributed by atoms with Gasteiger partial charge < -0.3 is 16.6 Å². The highest BCUT2D eigenvalue weighted by molar-refractivity contribution is 4.84. The molecule has 1 fully saturated rings. The molecule has 3 atom stereocenters.